The number of rotatable bonds is 3. The van der Waals surface area contributed by atoms with Gasteiger partial charge >= 0.3 is 0 Å². The van der Waals surface area contributed by atoms with Crippen molar-refractivity contribution < 1.29 is 0 Å². The maximum Gasteiger partial charge on any atom is 0.131 e. The fourth-order valence-electron chi connectivity index (χ4n) is 10.9. The van der Waals surface area contributed by atoms with E-state index in [0.717, 1.165) is 17.0 Å². The Morgan fingerprint density at radius 3 is 1.62 bits per heavy atom. The number of hydrogen-bond donors (Lipinski definition) is 2. The number of fused-ring (bicyclic) bond motifs is 15. The summed E-state index contributed by atoms with van der Waals surface area (Å²) in [5, 5.41) is 15.5. The number of nitrogens with zero attached hydrogens (tertiary/aromatic N) is 1. The van der Waals surface area contributed by atoms with Crippen LogP contribution in [0.1, 0.15) is 76.3 Å². The van der Waals surface area contributed by atoms with Gasteiger partial charge in [-0.3, -0.25) is 5.32 Å². The van der Waals surface area contributed by atoms with Crippen molar-refractivity contribution in [2.24, 2.45) is 4.99 Å². The molecule has 1 spiro atoms. The molecule has 9 aromatic carbocycles. The Labute approximate surface area is 338 Å². The van der Waals surface area contributed by atoms with Crippen molar-refractivity contribution in [3.05, 3.63) is 238 Å². The predicted octanol–water partition coefficient (Wildman–Crippen LogP) is 12.5. The number of nitrogens with one attached hydrogen (secondary N) is 2. The van der Waals surface area contributed by atoms with E-state index in [4.69, 9.17) is 4.99 Å². The van der Waals surface area contributed by atoms with Gasteiger partial charge in [-0.05, 0) is 94.0 Å². The molecule has 3 heteroatoms. The van der Waals surface area contributed by atoms with E-state index < -0.39 is 5.41 Å². The second-order valence-corrected chi connectivity index (χ2v) is 16.7. The first-order valence-electron chi connectivity index (χ1n) is 20.5. The molecule has 3 nitrogen and oxygen atoms in total. The van der Waals surface area contributed by atoms with E-state index in [9.17, 15) is 0 Å². The molecule has 0 amide bonds. The molecule has 2 aliphatic carbocycles. The van der Waals surface area contributed by atoms with E-state index in [2.05, 4.69) is 213 Å². The van der Waals surface area contributed by atoms with Crippen molar-refractivity contribution in [2.45, 2.75) is 37.0 Å². The average Bonchev–Trinajstić information content (AvgIpc) is 3.59. The van der Waals surface area contributed by atoms with Gasteiger partial charge in [0.2, 0.25) is 0 Å². The Bertz CT molecular complexity index is 3090. The van der Waals surface area contributed by atoms with Gasteiger partial charge in [0.1, 0.15) is 18.2 Å². The monoisotopic (exact) mass is 743 g/mol. The smallest absolute Gasteiger partial charge is 0.131 e. The average molecular weight is 744 g/mol. The van der Waals surface area contributed by atoms with E-state index in [1.165, 1.54) is 82.4 Å². The van der Waals surface area contributed by atoms with Gasteiger partial charge < -0.3 is 5.32 Å². The molecule has 0 aromatic heterocycles. The fraction of sp³-hybridized carbons (Fsp3) is 0.109. The molecule has 1 aliphatic heterocycles. The van der Waals surface area contributed by atoms with Crippen molar-refractivity contribution in [1.29, 1.82) is 0 Å². The Morgan fingerprint density at radius 1 is 0.448 bits per heavy atom. The molecule has 1 heterocycles. The first-order valence-corrected chi connectivity index (χ1v) is 20.5. The maximum atomic E-state index is 5.44. The largest absolute Gasteiger partial charge is 0.350 e. The van der Waals surface area contributed by atoms with Crippen molar-refractivity contribution in [2.75, 3.05) is 0 Å². The van der Waals surface area contributed by atoms with Crippen LogP contribution in [-0.4, -0.2) is 5.84 Å². The standard InChI is InChI=1S/C55H41N3/c1-54(2)45-26-12-14-28-47(45)55(48-29-15-13-27-46(48)54)44-25-11-10-23-41(44)50-42(24-16-30-49(50)55)53-57-51(34-17-4-3-5-18-34)56-52(58-53)35-31-32-40-38-21-7-6-19-36(38)37-20-8-9-22-39(37)43(40)33-35/h3-33,51,53,57H,1-2H3,(H,56,58). The van der Waals surface area contributed by atoms with Gasteiger partial charge in [0.15, 0.2) is 0 Å². The van der Waals surface area contributed by atoms with Gasteiger partial charge in [0.25, 0.3) is 0 Å². The van der Waals surface area contributed by atoms with Crippen LogP contribution >= 0.6 is 0 Å². The van der Waals surface area contributed by atoms with Gasteiger partial charge in [-0.2, -0.15) is 0 Å². The molecule has 9 aromatic rings. The molecule has 0 saturated heterocycles. The van der Waals surface area contributed by atoms with E-state index >= 15 is 0 Å². The van der Waals surface area contributed by atoms with Gasteiger partial charge in [-0.1, -0.05) is 196 Å². The van der Waals surface area contributed by atoms with Crippen LogP contribution in [0.5, 0.6) is 0 Å². The lowest BCUT2D eigenvalue weighted by molar-refractivity contribution is 0.409. The third-order valence-electron chi connectivity index (χ3n) is 13.4. The lowest BCUT2D eigenvalue weighted by atomic mass is 9.55. The minimum Gasteiger partial charge on any atom is -0.350 e. The SMILES string of the molecule is CC1(C)c2ccccc2C2(c3ccccc3-c3c(C4NC(c5ccc6c7ccccc7c7ccccc7c6c5)=NC(c5ccccc5)N4)cccc32)c2ccccc21. The first kappa shape index (κ1) is 33.3. The third kappa shape index (κ3) is 4.51. The molecule has 3 aliphatic rings. The Kier molecular flexibility index (Phi) is 7.10. The minimum atomic E-state index is -0.461. The summed E-state index contributed by atoms with van der Waals surface area (Å²) >= 11 is 0. The second kappa shape index (κ2) is 12.3. The van der Waals surface area contributed by atoms with Gasteiger partial charge in [0.05, 0.1) is 5.41 Å². The highest BCUT2D eigenvalue weighted by Gasteiger charge is 2.54. The van der Waals surface area contributed by atoms with Crippen LogP contribution in [0, 0.1) is 0 Å². The van der Waals surface area contributed by atoms with Crippen molar-refractivity contribution in [1.82, 2.24) is 10.6 Å². The lowest BCUT2D eigenvalue weighted by Gasteiger charge is -2.46. The molecule has 2 atom stereocenters. The molecule has 2 unspecified atom stereocenters. The number of amidine groups is 1. The summed E-state index contributed by atoms with van der Waals surface area (Å²) in [7, 11) is 0. The Balaban J connectivity index is 1.07. The zero-order valence-corrected chi connectivity index (χ0v) is 32.5. The van der Waals surface area contributed by atoms with E-state index in [-0.39, 0.29) is 17.7 Å². The summed E-state index contributed by atoms with van der Waals surface area (Å²) < 4.78 is 0. The number of hydrogen-bond acceptors (Lipinski definition) is 3. The van der Waals surface area contributed by atoms with Crippen LogP contribution in [0.2, 0.25) is 0 Å². The fourth-order valence-corrected chi connectivity index (χ4v) is 10.9. The van der Waals surface area contributed by atoms with Gasteiger partial charge in [0, 0.05) is 11.0 Å². The highest BCUT2D eigenvalue weighted by molar-refractivity contribution is 6.26. The minimum absolute atomic E-state index is 0.147. The molecule has 58 heavy (non-hydrogen) atoms. The highest BCUT2D eigenvalue weighted by Crippen LogP contribution is 2.63. The Morgan fingerprint density at radius 2 is 0.966 bits per heavy atom. The van der Waals surface area contributed by atoms with E-state index in [1.54, 1.807) is 0 Å². The summed E-state index contributed by atoms with van der Waals surface area (Å²) in [4.78, 5) is 5.44. The molecule has 0 fully saturated rings. The number of aliphatic imine (C=N–C) groups is 1. The zero-order chi connectivity index (χ0) is 38.6. The van der Waals surface area contributed by atoms with Crippen LogP contribution in [0.25, 0.3) is 43.4 Å². The van der Waals surface area contributed by atoms with Crippen molar-refractivity contribution >= 4 is 38.2 Å². The summed E-state index contributed by atoms with van der Waals surface area (Å²) in [6, 6.07) is 69.5. The topological polar surface area (TPSA) is 36.4 Å². The van der Waals surface area contributed by atoms with Gasteiger partial charge in [-0.25, -0.2) is 4.99 Å². The molecule has 0 radical (unpaired) electrons. The quantitative estimate of drug-likeness (QED) is 0.177. The molecule has 0 bridgehead atoms. The number of benzene rings is 9. The molecule has 2 N–H and O–H groups in total. The highest BCUT2D eigenvalue weighted by atomic mass is 15.3. The molecular weight excluding hydrogens is 703 g/mol. The normalized spacial score (nSPS) is 18.3. The third-order valence-corrected chi connectivity index (χ3v) is 13.4. The van der Waals surface area contributed by atoms with Crippen LogP contribution < -0.4 is 10.6 Å². The van der Waals surface area contributed by atoms with Crippen LogP contribution in [0.15, 0.2) is 193 Å². The zero-order valence-electron chi connectivity index (χ0n) is 32.5. The molecular formula is C55H41N3. The van der Waals surface area contributed by atoms with Gasteiger partial charge in [-0.15, -0.1) is 0 Å². The Hall–Kier alpha value is -6.81. The maximum absolute atomic E-state index is 5.44. The van der Waals surface area contributed by atoms with Crippen LogP contribution in [-0.2, 0) is 10.8 Å². The van der Waals surface area contributed by atoms with Crippen molar-refractivity contribution in [3.8, 4) is 11.1 Å². The van der Waals surface area contributed by atoms with E-state index in [0.29, 0.717) is 0 Å². The predicted molar refractivity (Wildman–Crippen MR) is 240 cm³/mol. The molecule has 12 rings (SSSR count). The van der Waals surface area contributed by atoms with E-state index in [1.807, 2.05) is 0 Å². The lowest BCUT2D eigenvalue weighted by Crippen LogP contribution is -2.45. The summed E-state index contributed by atoms with van der Waals surface area (Å²) in [6.07, 6.45) is -0.490. The summed E-state index contributed by atoms with van der Waals surface area (Å²) in [5.41, 5.74) is 13.5. The molecule has 276 valence electrons. The second-order valence-electron chi connectivity index (χ2n) is 16.7. The molecule has 0 saturated carbocycles. The van der Waals surface area contributed by atoms with Crippen LogP contribution in [0.3, 0.4) is 0 Å². The summed E-state index contributed by atoms with van der Waals surface area (Å²) in [6.45, 7) is 4.77. The first-order chi connectivity index (χ1) is 28.5. The van der Waals surface area contributed by atoms with Crippen LogP contribution in [0.4, 0.5) is 0 Å². The van der Waals surface area contributed by atoms with Crippen molar-refractivity contribution in [3.63, 3.8) is 0 Å². The summed E-state index contributed by atoms with van der Waals surface area (Å²) in [5.74, 6) is 0.880.